The first-order chi connectivity index (χ1) is 15.9. The first kappa shape index (κ1) is 23.3. The monoisotopic (exact) mass is 471 g/mol. The molecule has 176 valence electrons. The molecule has 0 spiro atoms. The Morgan fingerprint density at radius 2 is 1.67 bits per heavy atom. The van der Waals surface area contributed by atoms with Crippen molar-refractivity contribution < 1.29 is 22.7 Å². The van der Waals surface area contributed by atoms with Crippen LogP contribution in [0.2, 0.25) is 0 Å². The number of rotatable bonds is 6. The summed E-state index contributed by atoms with van der Waals surface area (Å²) in [7, 11) is -2.08. The quantitative estimate of drug-likeness (QED) is 0.699. The van der Waals surface area contributed by atoms with E-state index in [0.717, 1.165) is 6.42 Å². The molecule has 0 aromatic heterocycles. The molecule has 0 bridgehead atoms. The van der Waals surface area contributed by atoms with Gasteiger partial charge >= 0.3 is 0 Å². The van der Waals surface area contributed by atoms with Crippen LogP contribution in [0.3, 0.4) is 0 Å². The fourth-order valence-electron chi connectivity index (χ4n) is 4.54. The standard InChI is InChI=1S/C24H29N3O5S/c1-32-20-13-11-19(12-14-20)25-23(28)22-10-6-16-27(22)24(29)18-7-5-15-26(17-18)33(30,31)21-8-3-2-4-9-21/h2-4,8-9,11-14,18,22H,5-7,10,15-17H2,1H3,(H,25,28). The molecule has 8 nitrogen and oxygen atoms in total. The van der Waals surface area contributed by atoms with Crippen LogP contribution < -0.4 is 10.1 Å². The number of amides is 2. The molecule has 2 amide bonds. The highest BCUT2D eigenvalue weighted by molar-refractivity contribution is 7.89. The van der Waals surface area contributed by atoms with Gasteiger partial charge in [0.1, 0.15) is 11.8 Å². The van der Waals surface area contributed by atoms with Gasteiger partial charge in [-0.05, 0) is 62.1 Å². The Bertz CT molecular complexity index is 1090. The Morgan fingerprint density at radius 1 is 0.970 bits per heavy atom. The average Bonchev–Trinajstić information content (AvgIpc) is 3.35. The van der Waals surface area contributed by atoms with Gasteiger partial charge in [0.15, 0.2) is 0 Å². The van der Waals surface area contributed by atoms with Crippen LogP contribution in [0.4, 0.5) is 5.69 Å². The Kier molecular flexibility index (Phi) is 6.99. The van der Waals surface area contributed by atoms with Gasteiger partial charge < -0.3 is 15.0 Å². The third-order valence-electron chi connectivity index (χ3n) is 6.31. The molecule has 0 saturated carbocycles. The second-order valence-electron chi connectivity index (χ2n) is 8.42. The lowest BCUT2D eigenvalue weighted by molar-refractivity contribution is -0.141. The van der Waals surface area contributed by atoms with Crippen LogP contribution in [0, 0.1) is 5.92 Å². The maximum absolute atomic E-state index is 13.4. The molecule has 33 heavy (non-hydrogen) atoms. The zero-order valence-corrected chi connectivity index (χ0v) is 19.5. The molecule has 2 fully saturated rings. The minimum atomic E-state index is -3.66. The SMILES string of the molecule is COc1ccc(NC(=O)C2CCCN2C(=O)C2CCCN(S(=O)(=O)c3ccccc3)C2)cc1. The molecule has 2 aromatic carbocycles. The zero-order chi connectivity index (χ0) is 23.4. The van der Waals surface area contributed by atoms with E-state index in [4.69, 9.17) is 4.74 Å². The molecule has 2 aliphatic heterocycles. The summed E-state index contributed by atoms with van der Waals surface area (Å²) in [6, 6.07) is 14.8. The van der Waals surface area contributed by atoms with Crippen LogP contribution >= 0.6 is 0 Å². The smallest absolute Gasteiger partial charge is 0.247 e. The largest absolute Gasteiger partial charge is 0.497 e. The highest BCUT2D eigenvalue weighted by atomic mass is 32.2. The summed E-state index contributed by atoms with van der Waals surface area (Å²) in [5, 5.41) is 2.88. The van der Waals surface area contributed by atoms with Gasteiger partial charge in [-0.25, -0.2) is 8.42 Å². The molecular weight excluding hydrogens is 442 g/mol. The first-order valence-electron chi connectivity index (χ1n) is 11.2. The number of anilines is 1. The maximum Gasteiger partial charge on any atom is 0.247 e. The molecule has 2 atom stereocenters. The van der Waals surface area contributed by atoms with Crippen molar-refractivity contribution in [3.8, 4) is 5.75 Å². The second-order valence-corrected chi connectivity index (χ2v) is 10.4. The zero-order valence-electron chi connectivity index (χ0n) is 18.6. The van der Waals surface area contributed by atoms with Gasteiger partial charge in [-0.2, -0.15) is 4.31 Å². The van der Waals surface area contributed by atoms with Crippen LogP contribution in [-0.4, -0.2) is 62.2 Å². The summed E-state index contributed by atoms with van der Waals surface area (Å²) in [6.07, 6.45) is 2.56. The predicted molar refractivity (Wildman–Crippen MR) is 124 cm³/mol. The summed E-state index contributed by atoms with van der Waals surface area (Å²) >= 11 is 0. The number of likely N-dealkylation sites (tertiary alicyclic amines) is 1. The molecule has 0 radical (unpaired) electrons. The van der Waals surface area contributed by atoms with Gasteiger partial charge in [0.25, 0.3) is 0 Å². The molecule has 9 heteroatoms. The lowest BCUT2D eigenvalue weighted by atomic mass is 9.97. The van der Waals surface area contributed by atoms with Gasteiger partial charge in [-0.1, -0.05) is 18.2 Å². The Labute approximate surface area is 194 Å². The Hall–Kier alpha value is -2.91. The van der Waals surface area contributed by atoms with E-state index < -0.39 is 22.0 Å². The van der Waals surface area contributed by atoms with Crippen molar-refractivity contribution in [2.24, 2.45) is 5.92 Å². The van der Waals surface area contributed by atoms with Crippen LogP contribution in [0.5, 0.6) is 5.75 Å². The summed E-state index contributed by atoms with van der Waals surface area (Å²) in [4.78, 5) is 28.2. The molecule has 0 aliphatic carbocycles. The van der Waals surface area contributed by atoms with E-state index in [1.54, 1.807) is 66.6 Å². The normalized spacial score (nSPS) is 21.5. The van der Waals surface area contributed by atoms with Gasteiger partial charge in [-0.3, -0.25) is 9.59 Å². The number of hydrogen-bond donors (Lipinski definition) is 1. The number of ether oxygens (including phenoxy) is 1. The number of piperidine rings is 1. The van der Waals surface area contributed by atoms with E-state index in [0.29, 0.717) is 43.8 Å². The van der Waals surface area contributed by atoms with Crippen LogP contribution in [0.25, 0.3) is 0 Å². The minimum absolute atomic E-state index is 0.138. The second kappa shape index (κ2) is 9.93. The van der Waals surface area contributed by atoms with Crippen molar-refractivity contribution in [2.45, 2.75) is 36.6 Å². The van der Waals surface area contributed by atoms with Crippen molar-refractivity contribution in [2.75, 3.05) is 32.1 Å². The highest BCUT2D eigenvalue weighted by Crippen LogP contribution is 2.28. The van der Waals surface area contributed by atoms with E-state index in [1.165, 1.54) is 4.31 Å². The molecule has 2 aliphatic rings. The summed E-state index contributed by atoms with van der Waals surface area (Å²) in [5.74, 6) is -0.129. The number of sulfonamides is 1. The van der Waals surface area contributed by atoms with E-state index in [2.05, 4.69) is 5.32 Å². The van der Waals surface area contributed by atoms with E-state index >= 15 is 0 Å². The molecule has 2 aromatic rings. The van der Waals surface area contributed by atoms with Gasteiger partial charge in [0.05, 0.1) is 17.9 Å². The first-order valence-corrected chi connectivity index (χ1v) is 12.6. The molecule has 4 rings (SSSR count). The van der Waals surface area contributed by atoms with Crippen LogP contribution in [0.15, 0.2) is 59.5 Å². The fraction of sp³-hybridized carbons (Fsp3) is 0.417. The van der Waals surface area contributed by atoms with Gasteiger partial charge in [0, 0.05) is 25.3 Å². The Morgan fingerprint density at radius 3 is 2.36 bits per heavy atom. The number of carbonyl (C=O) groups excluding carboxylic acids is 2. The number of nitrogens with zero attached hydrogens (tertiary/aromatic N) is 2. The summed E-state index contributed by atoms with van der Waals surface area (Å²) in [6.45, 7) is 1.03. The van der Waals surface area contributed by atoms with Gasteiger partial charge in [0.2, 0.25) is 21.8 Å². The number of methoxy groups -OCH3 is 1. The molecule has 2 unspecified atom stereocenters. The average molecular weight is 472 g/mol. The van der Waals surface area contributed by atoms with Crippen molar-refractivity contribution in [1.82, 2.24) is 9.21 Å². The number of benzene rings is 2. The van der Waals surface area contributed by atoms with Crippen LogP contribution in [0.1, 0.15) is 25.7 Å². The van der Waals surface area contributed by atoms with Crippen molar-refractivity contribution in [3.63, 3.8) is 0 Å². The third kappa shape index (κ3) is 5.04. The molecule has 2 heterocycles. The predicted octanol–water partition coefficient (Wildman–Crippen LogP) is 2.73. The number of carbonyl (C=O) groups is 2. The number of nitrogens with one attached hydrogen (secondary N) is 1. The molecule has 1 N–H and O–H groups in total. The van der Waals surface area contributed by atoms with Crippen LogP contribution in [-0.2, 0) is 19.6 Å². The summed E-state index contributed by atoms with van der Waals surface area (Å²) in [5.41, 5.74) is 0.637. The van der Waals surface area contributed by atoms with Crippen molar-refractivity contribution in [3.05, 3.63) is 54.6 Å². The van der Waals surface area contributed by atoms with Gasteiger partial charge in [-0.15, -0.1) is 0 Å². The van der Waals surface area contributed by atoms with E-state index in [9.17, 15) is 18.0 Å². The minimum Gasteiger partial charge on any atom is -0.497 e. The van der Waals surface area contributed by atoms with E-state index in [-0.39, 0.29) is 23.3 Å². The lowest BCUT2D eigenvalue weighted by Gasteiger charge is -2.34. The summed E-state index contributed by atoms with van der Waals surface area (Å²) < 4.78 is 32.6. The van der Waals surface area contributed by atoms with Crippen molar-refractivity contribution in [1.29, 1.82) is 0 Å². The van der Waals surface area contributed by atoms with Crippen molar-refractivity contribution >= 4 is 27.5 Å². The Balaban J connectivity index is 1.43. The fourth-order valence-corrected chi connectivity index (χ4v) is 6.09. The molecular formula is C24H29N3O5S. The molecule has 2 saturated heterocycles. The van der Waals surface area contributed by atoms with E-state index in [1.807, 2.05) is 0 Å². The third-order valence-corrected chi connectivity index (χ3v) is 8.19. The lowest BCUT2D eigenvalue weighted by Crippen LogP contribution is -2.50. The maximum atomic E-state index is 13.4. The topological polar surface area (TPSA) is 96.0 Å². The number of hydrogen-bond acceptors (Lipinski definition) is 5. The highest BCUT2D eigenvalue weighted by Gasteiger charge is 2.40.